The minimum Gasteiger partial charge on any atom is -0.315 e. The summed E-state index contributed by atoms with van der Waals surface area (Å²) >= 11 is 0. The van der Waals surface area contributed by atoms with Crippen molar-refractivity contribution < 1.29 is 8.42 Å². The Balaban J connectivity index is 1.64. The number of nitrogens with zero attached hydrogens (tertiary/aromatic N) is 1. The van der Waals surface area contributed by atoms with E-state index in [2.05, 4.69) is 33.7 Å². The maximum Gasteiger partial charge on any atom is 0.241 e. The fourth-order valence-electron chi connectivity index (χ4n) is 3.18. The van der Waals surface area contributed by atoms with Crippen molar-refractivity contribution in [1.82, 2.24) is 15.0 Å². The van der Waals surface area contributed by atoms with Gasteiger partial charge in [0.2, 0.25) is 10.0 Å². The number of pyridine rings is 1. The van der Waals surface area contributed by atoms with Gasteiger partial charge < -0.3 is 5.32 Å². The Morgan fingerprint density at radius 3 is 2.68 bits per heavy atom. The number of hydrogen-bond donors (Lipinski definition) is 2. The lowest BCUT2D eigenvalue weighted by atomic mass is 10.1. The van der Waals surface area contributed by atoms with E-state index in [9.17, 15) is 8.42 Å². The van der Waals surface area contributed by atoms with Crippen LogP contribution in [0.5, 0.6) is 0 Å². The van der Waals surface area contributed by atoms with Crippen LogP contribution in [-0.2, 0) is 16.4 Å². The Kier molecular flexibility index (Phi) is 6.57. The second kappa shape index (κ2) is 9.10. The van der Waals surface area contributed by atoms with Crippen LogP contribution in [0.15, 0.2) is 72.4 Å². The fourth-order valence-corrected chi connectivity index (χ4v) is 4.65. The van der Waals surface area contributed by atoms with E-state index in [1.165, 1.54) is 5.56 Å². The normalized spacial score (nSPS) is 12.8. The molecule has 0 amide bonds. The summed E-state index contributed by atoms with van der Waals surface area (Å²) < 4.78 is 28.6. The third kappa shape index (κ3) is 4.84. The molecular weight excluding hydrogens is 370 g/mol. The highest BCUT2D eigenvalue weighted by atomic mass is 32.2. The van der Waals surface area contributed by atoms with Gasteiger partial charge in [-0.1, -0.05) is 49.1 Å². The van der Waals surface area contributed by atoms with Gasteiger partial charge in [0.15, 0.2) is 0 Å². The van der Waals surface area contributed by atoms with E-state index in [-0.39, 0.29) is 10.9 Å². The average Bonchev–Trinajstić information content (AvgIpc) is 2.70. The number of rotatable bonds is 9. The predicted octanol–water partition coefficient (Wildman–Crippen LogP) is 3.38. The van der Waals surface area contributed by atoms with Crippen molar-refractivity contribution in [2.45, 2.75) is 24.3 Å². The van der Waals surface area contributed by atoms with Crippen molar-refractivity contribution in [3.05, 3.63) is 78.6 Å². The van der Waals surface area contributed by atoms with E-state index in [0.29, 0.717) is 12.1 Å². The van der Waals surface area contributed by atoms with Crippen molar-refractivity contribution in [3.63, 3.8) is 0 Å². The van der Waals surface area contributed by atoms with Crippen LogP contribution >= 0.6 is 0 Å². The Labute approximate surface area is 166 Å². The molecule has 0 saturated heterocycles. The highest BCUT2D eigenvalue weighted by molar-refractivity contribution is 7.89. The quantitative estimate of drug-likeness (QED) is 0.545. The molecule has 2 N–H and O–H groups in total. The lowest BCUT2D eigenvalue weighted by molar-refractivity contribution is 0.537. The van der Waals surface area contributed by atoms with Crippen molar-refractivity contribution in [2.75, 3.05) is 13.1 Å². The monoisotopic (exact) mass is 395 g/mol. The van der Waals surface area contributed by atoms with Gasteiger partial charge >= 0.3 is 0 Å². The highest BCUT2D eigenvalue weighted by Gasteiger charge is 2.21. The van der Waals surface area contributed by atoms with Gasteiger partial charge in [-0.25, -0.2) is 13.1 Å². The zero-order valence-electron chi connectivity index (χ0n) is 15.9. The van der Waals surface area contributed by atoms with E-state index in [0.717, 1.165) is 23.7 Å². The molecule has 0 saturated carbocycles. The van der Waals surface area contributed by atoms with Crippen molar-refractivity contribution >= 4 is 26.9 Å². The SMILES string of the molecule is C=Cc1c(S(=O)(=O)NC(C)CNCCc2ccccc2)ccc2cnccc12. The van der Waals surface area contributed by atoms with Crippen LogP contribution in [0.25, 0.3) is 16.8 Å². The third-order valence-corrected chi connectivity index (χ3v) is 6.20. The molecule has 0 spiro atoms. The molecule has 1 atom stereocenters. The molecule has 0 aliphatic rings. The summed E-state index contributed by atoms with van der Waals surface area (Å²) in [6.07, 6.45) is 5.85. The molecule has 1 aromatic heterocycles. The second-order valence-electron chi connectivity index (χ2n) is 6.74. The van der Waals surface area contributed by atoms with Gasteiger partial charge in [-0.2, -0.15) is 0 Å². The van der Waals surface area contributed by atoms with Crippen LogP contribution in [0.3, 0.4) is 0 Å². The number of hydrogen-bond acceptors (Lipinski definition) is 4. The van der Waals surface area contributed by atoms with Gasteiger partial charge in [-0.3, -0.25) is 4.98 Å². The van der Waals surface area contributed by atoms with E-state index < -0.39 is 10.0 Å². The molecule has 0 fully saturated rings. The number of fused-ring (bicyclic) bond motifs is 1. The van der Waals surface area contributed by atoms with Gasteiger partial charge in [0.1, 0.15) is 0 Å². The first kappa shape index (κ1) is 20.2. The fraction of sp³-hybridized carbons (Fsp3) is 0.227. The highest BCUT2D eigenvalue weighted by Crippen LogP contribution is 2.26. The van der Waals surface area contributed by atoms with Crippen LogP contribution < -0.4 is 10.0 Å². The standard InChI is InChI=1S/C22H25N3O2S/c1-3-20-21-12-14-24-16-19(21)9-10-22(20)28(26,27)25-17(2)15-23-13-11-18-7-5-4-6-8-18/h3-10,12,14,16-17,23,25H,1,11,13,15H2,2H3. The molecule has 146 valence electrons. The average molecular weight is 396 g/mol. The summed E-state index contributed by atoms with van der Waals surface area (Å²) in [6.45, 7) is 6.99. The van der Waals surface area contributed by atoms with Crippen LogP contribution in [-0.4, -0.2) is 32.5 Å². The van der Waals surface area contributed by atoms with Gasteiger partial charge in [0.05, 0.1) is 4.90 Å². The second-order valence-corrected chi connectivity index (χ2v) is 8.42. The van der Waals surface area contributed by atoms with Crippen LogP contribution in [0, 0.1) is 0 Å². The van der Waals surface area contributed by atoms with Crippen LogP contribution in [0.1, 0.15) is 18.1 Å². The van der Waals surface area contributed by atoms with E-state index >= 15 is 0 Å². The Bertz CT molecular complexity index is 1050. The van der Waals surface area contributed by atoms with Gasteiger partial charge in [0.25, 0.3) is 0 Å². The lowest BCUT2D eigenvalue weighted by Gasteiger charge is -2.17. The minimum absolute atomic E-state index is 0.234. The number of sulfonamides is 1. The molecule has 6 heteroatoms. The summed E-state index contributed by atoms with van der Waals surface area (Å²) in [7, 11) is -3.66. The third-order valence-electron chi connectivity index (χ3n) is 4.56. The molecule has 1 unspecified atom stereocenters. The van der Waals surface area contributed by atoms with Crippen LogP contribution in [0.2, 0.25) is 0 Å². The van der Waals surface area contributed by atoms with Crippen molar-refractivity contribution in [1.29, 1.82) is 0 Å². The predicted molar refractivity (Wildman–Crippen MR) is 115 cm³/mol. The maximum absolute atomic E-state index is 12.9. The number of aromatic nitrogens is 1. The molecule has 0 aliphatic carbocycles. The molecule has 0 bridgehead atoms. The van der Waals surface area contributed by atoms with Crippen molar-refractivity contribution in [2.24, 2.45) is 0 Å². The Morgan fingerprint density at radius 2 is 1.93 bits per heavy atom. The summed E-state index contributed by atoms with van der Waals surface area (Å²) in [5.41, 5.74) is 1.85. The molecular formula is C22H25N3O2S. The van der Waals surface area contributed by atoms with E-state index in [1.54, 1.807) is 36.7 Å². The first-order chi connectivity index (χ1) is 13.5. The summed E-state index contributed by atoms with van der Waals surface area (Å²) in [5, 5.41) is 5.01. The minimum atomic E-state index is -3.66. The maximum atomic E-state index is 12.9. The summed E-state index contributed by atoms with van der Waals surface area (Å²) in [5.74, 6) is 0. The zero-order chi connectivity index (χ0) is 20.0. The Hall–Kier alpha value is -2.54. The molecule has 0 aliphatic heterocycles. The Morgan fingerprint density at radius 1 is 1.14 bits per heavy atom. The van der Waals surface area contributed by atoms with Gasteiger partial charge in [-0.05, 0) is 43.0 Å². The van der Waals surface area contributed by atoms with Gasteiger partial charge in [-0.15, -0.1) is 0 Å². The lowest BCUT2D eigenvalue weighted by Crippen LogP contribution is -2.40. The first-order valence-corrected chi connectivity index (χ1v) is 10.8. The molecule has 3 rings (SSSR count). The number of nitrogens with one attached hydrogen (secondary N) is 2. The molecule has 1 heterocycles. The molecule has 0 radical (unpaired) electrons. The summed E-state index contributed by atoms with van der Waals surface area (Å²) in [6, 6.07) is 15.1. The number of benzene rings is 2. The summed E-state index contributed by atoms with van der Waals surface area (Å²) in [4.78, 5) is 4.32. The smallest absolute Gasteiger partial charge is 0.241 e. The van der Waals surface area contributed by atoms with Crippen molar-refractivity contribution in [3.8, 4) is 0 Å². The zero-order valence-corrected chi connectivity index (χ0v) is 16.7. The molecule has 28 heavy (non-hydrogen) atoms. The van der Waals surface area contributed by atoms with E-state index in [4.69, 9.17) is 0 Å². The molecule has 2 aromatic carbocycles. The molecule has 5 nitrogen and oxygen atoms in total. The molecule has 3 aromatic rings. The first-order valence-electron chi connectivity index (χ1n) is 9.27. The topological polar surface area (TPSA) is 71.1 Å². The van der Waals surface area contributed by atoms with Gasteiger partial charge in [0, 0.05) is 35.9 Å². The van der Waals surface area contributed by atoms with E-state index in [1.807, 2.05) is 25.1 Å². The van der Waals surface area contributed by atoms with Crippen LogP contribution in [0.4, 0.5) is 0 Å². The largest absolute Gasteiger partial charge is 0.315 e.